The summed E-state index contributed by atoms with van der Waals surface area (Å²) >= 11 is 0. The number of benzene rings is 3. The lowest BCUT2D eigenvalue weighted by Gasteiger charge is -2.14. The highest BCUT2D eigenvalue weighted by molar-refractivity contribution is 7.89. The van der Waals surface area contributed by atoms with Crippen molar-refractivity contribution in [3.8, 4) is 22.6 Å². The van der Waals surface area contributed by atoms with Gasteiger partial charge in [0.1, 0.15) is 17.1 Å². The molecular formula is C27H21F2N3O4S. The molecule has 5 aromatic rings. The van der Waals surface area contributed by atoms with E-state index >= 15 is 0 Å². The second-order valence-electron chi connectivity index (χ2n) is 8.37. The number of aryl methyl sites for hydroxylation is 1. The number of ether oxygens (including phenoxy) is 1. The van der Waals surface area contributed by atoms with E-state index in [2.05, 4.69) is 9.71 Å². The van der Waals surface area contributed by atoms with E-state index in [1.54, 1.807) is 60.3 Å². The van der Waals surface area contributed by atoms with E-state index in [0.717, 1.165) is 12.1 Å². The highest BCUT2D eigenvalue weighted by Gasteiger charge is 2.19. The third-order valence-corrected chi connectivity index (χ3v) is 7.29. The van der Waals surface area contributed by atoms with Gasteiger partial charge in [0.05, 0.1) is 4.90 Å². The molecular weight excluding hydrogens is 500 g/mol. The van der Waals surface area contributed by atoms with Crippen molar-refractivity contribution in [3.05, 3.63) is 113 Å². The fraction of sp³-hybridized carbons (Fsp3) is 0.0741. The summed E-state index contributed by atoms with van der Waals surface area (Å²) < 4.78 is 63.3. The SMILES string of the molecule is Cn1cc(-c2cc(CNS(=O)(=O)c3ccccc3)ccc2Oc2ccc(F)cc2F)c2cc[nH]c(=O)c21. The van der Waals surface area contributed by atoms with E-state index in [1.165, 1.54) is 24.4 Å². The van der Waals surface area contributed by atoms with Gasteiger partial charge in [0.15, 0.2) is 11.6 Å². The van der Waals surface area contributed by atoms with Crippen LogP contribution in [0.25, 0.3) is 22.0 Å². The zero-order chi connectivity index (χ0) is 26.2. The molecule has 5 rings (SSSR count). The Labute approximate surface area is 211 Å². The number of H-pyrrole nitrogens is 1. The van der Waals surface area contributed by atoms with Gasteiger partial charge in [-0.2, -0.15) is 0 Å². The number of aromatic amines is 1. The maximum Gasteiger partial charge on any atom is 0.272 e. The molecule has 0 bridgehead atoms. The minimum atomic E-state index is -3.76. The van der Waals surface area contributed by atoms with Crippen molar-refractivity contribution in [1.29, 1.82) is 0 Å². The van der Waals surface area contributed by atoms with Crippen molar-refractivity contribution < 1.29 is 21.9 Å². The molecule has 2 heterocycles. The molecule has 0 aliphatic heterocycles. The van der Waals surface area contributed by atoms with Gasteiger partial charge < -0.3 is 14.3 Å². The van der Waals surface area contributed by atoms with E-state index in [-0.39, 0.29) is 28.5 Å². The Bertz CT molecular complexity index is 1780. The average molecular weight is 522 g/mol. The largest absolute Gasteiger partial charge is 0.454 e. The maximum absolute atomic E-state index is 14.4. The Kier molecular flexibility index (Phi) is 6.36. The van der Waals surface area contributed by atoms with E-state index in [1.807, 2.05) is 0 Å². The van der Waals surface area contributed by atoms with Gasteiger partial charge in [-0.15, -0.1) is 0 Å². The van der Waals surface area contributed by atoms with Gasteiger partial charge >= 0.3 is 0 Å². The summed E-state index contributed by atoms with van der Waals surface area (Å²) in [5.74, 6) is -1.55. The fourth-order valence-corrected chi connectivity index (χ4v) is 5.14. The van der Waals surface area contributed by atoms with Crippen molar-refractivity contribution in [3.63, 3.8) is 0 Å². The number of pyridine rings is 1. The van der Waals surface area contributed by atoms with Crippen molar-refractivity contribution in [1.82, 2.24) is 14.3 Å². The second-order valence-corrected chi connectivity index (χ2v) is 10.1. The molecule has 2 N–H and O–H groups in total. The third-order valence-electron chi connectivity index (χ3n) is 5.87. The molecule has 0 atom stereocenters. The Hall–Kier alpha value is -4.28. The van der Waals surface area contributed by atoms with Crippen LogP contribution in [-0.2, 0) is 23.6 Å². The summed E-state index contributed by atoms with van der Waals surface area (Å²) in [5.41, 5.74) is 1.85. The lowest BCUT2D eigenvalue weighted by atomic mass is 10.0. The number of nitrogens with one attached hydrogen (secondary N) is 2. The van der Waals surface area contributed by atoms with Crippen molar-refractivity contribution in [2.75, 3.05) is 0 Å². The Morgan fingerprint density at radius 3 is 2.46 bits per heavy atom. The van der Waals surface area contributed by atoms with Crippen LogP contribution in [0.4, 0.5) is 8.78 Å². The number of hydrogen-bond acceptors (Lipinski definition) is 4. The zero-order valence-electron chi connectivity index (χ0n) is 19.5. The summed E-state index contributed by atoms with van der Waals surface area (Å²) in [4.78, 5) is 15.2. The van der Waals surface area contributed by atoms with Crippen LogP contribution in [0.1, 0.15) is 5.56 Å². The Balaban J connectivity index is 1.58. The van der Waals surface area contributed by atoms with E-state index < -0.39 is 21.7 Å². The van der Waals surface area contributed by atoms with Crippen LogP contribution in [0.2, 0.25) is 0 Å². The predicted octanol–water partition coefficient (Wildman–Crippen LogP) is 5.08. The Morgan fingerprint density at radius 1 is 0.946 bits per heavy atom. The van der Waals surface area contributed by atoms with Crippen molar-refractivity contribution in [2.45, 2.75) is 11.4 Å². The number of fused-ring (bicyclic) bond motifs is 1. The molecule has 10 heteroatoms. The number of hydrogen-bond donors (Lipinski definition) is 2. The first-order valence-electron chi connectivity index (χ1n) is 11.2. The molecule has 7 nitrogen and oxygen atoms in total. The van der Waals surface area contributed by atoms with Gasteiger partial charge in [0, 0.05) is 48.6 Å². The number of nitrogens with zero attached hydrogens (tertiary/aromatic N) is 1. The van der Waals surface area contributed by atoms with E-state index in [4.69, 9.17) is 4.74 Å². The predicted molar refractivity (Wildman–Crippen MR) is 136 cm³/mol. The normalized spacial score (nSPS) is 11.6. The number of sulfonamides is 1. The molecule has 188 valence electrons. The number of aromatic nitrogens is 2. The molecule has 0 saturated carbocycles. The highest BCUT2D eigenvalue weighted by Crippen LogP contribution is 2.38. The first kappa shape index (κ1) is 24.4. The molecule has 0 aliphatic carbocycles. The molecule has 37 heavy (non-hydrogen) atoms. The molecule has 0 spiro atoms. The zero-order valence-corrected chi connectivity index (χ0v) is 20.4. The highest BCUT2D eigenvalue weighted by atomic mass is 32.2. The van der Waals surface area contributed by atoms with Gasteiger partial charge in [0.25, 0.3) is 5.56 Å². The molecule has 3 aromatic carbocycles. The van der Waals surface area contributed by atoms with Crippen LogP contribution in [0.3, 0.4) is 0 Å². The molecule has 0 saturated heterocycles. The first-order chi connectivity index (χ1) is 17.7. The number of rotatable bonds is 7. The van der Waals surface area contributed by atoms with E-state index in [9.17, 15) is 22.0 Å². The molecule has 0 amide bonds. The minimum absolute atomic E-state index is 0.0270. The van der Waals surface area contributed by atoms with Crippen LogP contribution in [-0.4, -0.2) is 18.0 Å². The van der Waals surface area contributed by atoms with Gasteiger partial charge in [-0.05, 0) is 48.0 Å². The van der Waals surface area contributed by atoms with Crippen LogP contribution in [0, 0.1) is 11.6 Å². The van der Waals surface area contributed by atoms with Crippen molar-refractivity contribution in [2.24, 2.45) is 7.05 Å². The molecule has 0 aliphatic rings. The van der Waals surface area contributed by atoms with Gasteiger partial charge in [0.2, 0.25) is 10.0 Å². The lowest BCUT2D eigenvalue weighted by Crippen LogP contribution is -2.23. The van der Waals surface area contributed by atoms with E-state index in [0.29, 0.717) is 27.6 Å². The summed E-state index contributed by atoms with van der Waals surface area (Å²) in [6, 6.07) is 17.6. The van der Waals surface area contributed by atoms with Crippen LogP contribution >= 0.6 is 0 Å². The fourth-order valence-electron chi connectivity index (χ4n) is 4.10. The van der Waals surface area contributed by atoms with Gasteiger partial charge in [-0.3, -0.25) is 4.79 Å². The van der Waals surface area contributed by atoms with Gasteiger partial charge in [-0.25, -0.2) is 21.9 Å². The smallest absolute Gasteiger partial charge is 0.272 e. The summed E-state index contributed by atoms with van der Waals surface area (Å²) in [5, 5.41) is 0.623. The summed E-state index contributed by atoms with van der Waals surface area (Å²) in [7, 11) is -2.04. The summed E-state index contributed by atoms with van der Waals surface area (Å²) in [6.07, 6.45) is 3.26. The van der Waals surface area contributed by atoms with Crippen LogP contribution < -0.4 is 15.0 Å². The Morgan fingerprint density at radius 2 is 1.70 bits per heavy atom. The average Bonchev–Trinajstić information content (AvgIpc) is 3.23. The first-order valence-corrected chi connectivity index (χ1v) is 12.7. The van der Waals surface area contributed by atoms with Gasteiger partial charge in [-0.1, -0.05) is 24.3 Å². The van der Waals surface area contributed by atoms with Crippen molar-refractivity contribution >= 4 is 20.9 Å². The lowest BCUT2D eigenvalue weighted by molar-refractivity contribution is 0.439. The third kappa shape index (κ3) is 4.89. The molecule has 0 radical (unpaired) electrons. The quantitative estimate of drug-likeness (QED) is 0.312. The topological polar surface area (TPSA) is 93.2 Å². The molecule has 0 fully saturated rings. The second kappa shape index (κ2) is 9.64. The summed E-state index contributed by atoms with van der Waals surface area (Å²) in [6.45, 7) is -0.0270. The van der Waals surface area contributed by atoms with Crippen LogP contribution in [0.5, 0.6) is 11.5 Å². The monoisotopic (exact) mass is 521 g/mol. The van der Waals surface area contributed by atoms with Crippen LogP contribution in [0.15, 0.2) is 94.9 Å². The maximum atomic E-state index is 14.4. The molecule has 2 aromatic heterocycles. The molecule has 0 unspecified atom stereocenters. The standard InChI is InChI=1S/C27H21F2N3O4S/c1-32-16-22(20-11-12-30-27(33)26(20)32)21-13-17(15-31-37(34,35)19-5-3-2-4-6-19)7-9-24(21)36-25-10-8-18(28)14-23(25)29/h2-14,16,31H,15H2,1H3,(H,30,33). The minimum Gasteiger partial charge on any atom is -0.454 e. The number of halogens is 2.